The molecule has 106 valence electrons. The van der Waals surface area contributed by atoms with Crippen molar-refractivity contribution in [3.05, 3.63) is 35.9 Å². The number of likely N-dealkylation sites (N-methyl/N-ethyl adjacent to an activating group) is 1. The van der Waals surface area contributed by atoms with Gasteiger partial charge in [-0.15, -0.1) is 0 Å². The van der Waals surface area contributed by atoms with Crippen molar-refractivity contribution in [3.63, 3.8) is 0 Å². The molecular formula is C16H26N2O. The lowest BCUT2D eigenvalue weighted by Crippen LogP contribution is -2.41. The Morgan fingerprint density at radius 3 is 2.26 bits per heavy atom. The molecule has 1 aromatic carbocycles. The monoisotopic (exact) mass is 262 g/mol. The van der Waals surface area contributed by atoms with Crippen LogP contribution in [-0.4, -0.2) is 30.4 Å². The molecule has 0 aromatic heterocycles. The third kappa shape index (κ3) is 4.35. The van der Waals surface area contributed by atoms with Crippen LogP contribution < -0.4 is 5.73 Å². The van der Waals surface area contributed by atoms with E-state index in [0.29, 0.717) is 12.5 Å². The molecule has 0 bridgehead atoms. The molecule has 1 aromatic rings. The van der Waals surface area contributed by atoms with Crippen molar-refractivity contribution in [2.45, 2.75) is 39.2 Å². The smallest absolute Gasteiger partial charge is 0.231 e. The van der Waals surface area contributed by atoms with Gasteiger partial charge in [0.15, 0.2) is 0 Å². The molecule has 0 spiro atoms. The molecule has 0 aliphatic carbocycles. The molecular weight excluding hydrogens is 236 g/mol. The van der Waals surface area contributed by atoms with Gasteiger partial charge >= 0.3 is 0 Å². The van der Waals surface area contributed by atoms with Gasteiger partial charge in [0.2, 0.25) is 5.91 Å². The van der Waals surface area contributed by atoms with Crippen molar-refractivity contribution in [1.82, 2.24) is 4.90 Å². The fourth-order valence-electron chi connectivity index (χ4n) is 2.37. The topological polar surface area (TPSA) is 46.3 Å². The first-order valence-electron chi connectivity index (χ1n) is 6.99. The number of carbonyl (C=O) groups excluding carboxylic acids is 1. The van der Waals surface area contributed by atoms with E-state index in [1.165, 1.54) is 0 Å². The van der Waals surface area contributed by atoms with E-state index in [2.05, 4.69) is 20.8 Å². The average Bonchev–Trinajstić information content (AvgIpc) is 2.39. The van der Waals surface area contributed by atoms with Crippen LogP contribution in [0.4, 0.5) is 0 Å². The van der Waals surface area contributed by atoms with Crippen LogP contribution in [0.3, 0.4) is 0 Å². The van der Waals surface area contributed by atoms with E-state index in [1.807, 2.05) is 42.3 Å². The maximum absolute atomic E-state index is 12.5. The van der Waals surface area contributed by atoms with Crippen LogP contribution in [-0.2, 0) is 4.79 Å². The van der Waals surface area contributed by atoms with Crippen molar-refractivity contribution in [2.75, 3.05) is 13.6 Å². The summed E-state index contributed by atoms with van der Waals surface area (Å²) in [6, 6.07) is 10.0. The van der Waals surface area contributed by atoms with E-state index < -0.39 is 0 Å². The zero-order valence-electron chi connectivity index (χ0n) is 12.5. The first-order chi connectivity index (χ1) is 8.97. The Morgan fingerprint density at radius 2 is 1.79 bits per heavy atom. The molecule has 0 aliphatic heterocycles. The molecule has 2 unspecified atom stereocenters. The summed E-state index contributed by atoms with van der Waals surface area (Å²) in [6.45, 7) is 6.79. The number of nitrogens with zero attached hydrogens (tertiary/aromatic N) is 1. The first kappa shape index (κ1) is 15.7. The Bertz CT molecular complexity index is 389. The molecule has 2 N–H and O–H groups in total. The number of hydrogen-bond donors (Lipinski definition) is 1. The highest BCUT2D eigenvalue weighted by Gasteiger charge is 2.25. The summed E-state index contributed by atoms with van der Waals surface area (Å²) in [5.74, 6) is 0.459. The molecule has 3 heteroatoms. The van der Waals surface area contributed by atoms with Crippen LogP contribution in [0.2, 0.25) is 0 Å². The summed E-state index contributed by atoms with van der Waals surface area (Å²) < 4.78 is 0. The van der Waals surface area contributed by atoms with Crippen LogP contribution in [0.15, 0.2) is 30.3 Å². The molecule has 0 heterocycles. The van der Waals surface area contributed by atoms with Crippen molar-refractivity contribution in [2.24, 2.45) is 11.7 Å². The molecule has 0 radical (unpaired) electrons. The number of carbonyl (C=O) groups is 1. The maximum Gasteiger partial charge on any atom is 0.231 e. The second-order valence-corrected chi connectivity index (χ2v) is 5.63. The summed E-state index contributed by atoms with van der Waals surface area (Å²) >= 11 is 0. The van der Waals surface area contributed by atoms with Crippen LogP contribution in [0.5, 0.6) is 0 Å². The van der Waals surface area contributed by atoms with Gasteiger partial charge in [-0.05, 0) is 24.8 Å². The van der Waals surface area contributed by atoms with Crippen LogP contribution in [0, 0.1) is 5.92 Å². The Kier molecular flexibility index (Phi) is 6.03. The lowest BCUT2D eigenvalue weighted by molar-refractivity contribution is -0.133. The summed E-state index contributed by atoms with van der Waals surface area (Å²) in [7, 11) is 1.88. The van der Waals surface area contributed by atoms with E-state index in [0.717, 1.165) is 12.0 Å². The van der Waals surface area contributed by atoms with Crippen molar-refractivity contribution >= 4 is 5.91 Å². The van der Waals surface area contributed by atoms with E-state index in [9.17, 15) is 4.79 Å². The molecule has 19 heavy (non-hydrogen) atoms. The molecule has 2 atom stereocenters. The fourth-order valence-corrected chi connectivity index (χ4v) is 2.37. The van der Waals surface area contributed by atoms with Gasteiger partial charge in [-0.1, -0.05) is 44.2 Å². The van der Waals surface area contributed by atoms with Crippen LogP contribution in [0.25, 0.3) is 0 Å². The Morgan fingerprint density at radius 1 is 1.21 bits per heavy atom. The molecule has 0 aliphatic rings. The van der Waals surface area contributed by atoms with Gasteiger partial charge in [0.05, 0.1) is 5.92 Å². The molecule has 3 nitrogen and oxygen atoms in total. The van der Waals surface area contributed by atoms with Gasteiger partial charge in [-0.25, -0.2) is 0 Å². The fraction of sp³-hybridized carbons (Fsp3) is 0.562. The third-order valence-corrected chi connectivity index (χ3v) is 3.56. The van der Waals surface area contributed by atoms with Crippen LogP contribution >= 0.6 is 0 Å². The highest BCUT2D eigenvalue weighted by atomic mass is 16.2. The van der Waals surface area contributed by atoms with Gasteiger partial charge in [-0.2, -0.15) is 0 Å². The van der Waals surface area contributed by atoms with Crippen molar-refractivity contribution < 1.29 is 4.79 Å². The molecule has 0 fully saturated rings. The predicted molar refractivity (Wildman–Crippen MR) is 79.9 cm³/mol. The Balaban J connectivity index is 2.79. The molecule has 1 rings (SSSR count). The average molecular weight is 262 g/mol. The van der Waals surface area contributed by atoms with E-state index in [1.54, 1.807) is 0 Å². The number of hydrogen-bond acceptors (Lipinski definition) is 2. The zero-order chi connectivity index (χ0) is 14.4. The van der Waals surface area contributed by atoms with Gasteiger partial charge in [0.25, 0.3) is 0 Å². The van der Waals surface area contributed by atoms with Crippen molar-refractivity contribution in [1.29, 1.82) is 0 Å². The predicted octanol–water partition coefficient (Wildman–Crippen LogP) is 2.62. The highest BCUT2D eigenvalue weighted by molar-refractivity contribution is 5.84. The quantitative estimate of drug-likeness (QED) is 0.856. The first-order valence-corrected chi connectivity index (χ1v) is 6.99. The molecule has 0 saturated carbocycles. The zero-order valence-corrected chi connectivity index (χ0v) is 12.5. The van der Waals surface area contributed by atoms with Gasteiger partial charge in [-0.3, -0.25) is 4.79 Å². The highest BCUT2D eigenvalue weighted by Crippen LogP contribution is 2.19. The van der Waals surface area contributed by atoms with E-state index in [-0.39, 0.29) is 17.9 Å². The second-order valence-electron chi connectivity index (χ2n) is 5.63. The minimum Gasteiger partial charge on any atom is -0.342 e. The summed E-state index contributed by atoms with van der Waals surface area (Å²) in [6.07, 6.45) is 1.01. The summed E-state index contributed by atoms with van der Waals surface area (Å²) in [5, 5.41) is 0. The van der Waals surface area contributed by atoms with Crippen molar-refractivity contribution in [3.8, 4) is 0 Å². The van der Waals surface area contributed by atoms with E-state index in [4.69, 9.17) is 5.73 Å². The number of nitrogens with two attached hydrogens (primary N) is 1. The van der Waals surface area contributed by atoms with Crippen LogP contribution in [0.1, 0.15) is 38.7 Å². The summed E-state index contributed by atoms with van der Waals surface area (Å²) in [4.78, 5) is 14.4. The maximum atomic E-state index is 12.5. The summed E-state index contributed by atoms with van der Waals surface area (Å²) in [5.41, 5.74) is 6.80. The number of benzene rings is 1. The van der Waals surface area contributed by atoms with Gasteiger partial charge in [0, 0.05) is 19.6 Å². The number of amides is 1. The Hall–Kier alpha value is -1.35. The normalized spacial score (nSPS) is 14.2. The minimum absolute atomic E-state index is 0.113. The second kappa shape index (κ2) is 7.29. The number of rotatable bonds is 6. The van der Waals surface area contributed by atoms with Gasteiger partial charge in [0.1, 0.15) is 0 Å². The Labute approximate surface area is 116 Å². The SMILES string of the molecule is CC(C)CC(C)N(C)C(=O)C(CN)c1ccccc1. The lowest BCUT2D eigenvalue weighted by atomic mass is 9.96. The molecule has 0 saturated heterocycles. The minimum atomic E-state index is -0.235. The van der Waals surface area contributed by atoms with E-state index >= 15 is 0 Å². The lowest BCUT2D eigenvalue weighted by Gasteiger charge is -2.29. The largest absolute Gasteiger partial charge is 0.342 e. The molecule has 1 amide bonds. The van der Waals surface area contributed by atoms with Gasteiger partial charge < -0.3 is 10.6 Å². The standard InChI is InChI=1S/C16H26N2O/c1-12(2)10-13(3)18(4)16(19)15(11-17)14-8-6-5-7-9-14/h5-9,12-13,15H,10-11,17H2,1-4H3. The third-order valence-electron chi connectivity index (χ3n) is 3.56.